The average molecular weight is 631 g/mol. The number of carboxylic acids is 2. The van der Waals surface area contributed by atoms with E-state index in [4.69, 9.17) is 0 Å². The standard InChI is InChI=1S/C38H18N2O8/c41-33-25-13-9-21-23-11-15-27-32-28(36(44)40(35(27)43)20-7-3-18(4-8-20)38(47)48)16-12-24(30(23)32)22-10-14-26(31(25)29(21)22)34(42)39(33)19-5-1-17(2-6-19)37(45)46/h1-16H,(H,45,46)(H,47,48). The summed E-state index contributed by atoms with van der Waals surface area (Å²) in [6, 6.07) is 25.0. The Morgan fingerprint density at radius 1 is 0.375 bits per heavy atom. The molecule has 0 unspecified atom stereocenters. The van der Waals surface area contributed by atoms with Gasteiger partial charge in [-0.3, -0.25) is 19.2 Å². The molecule has 0 atom stereocenters. The molecule has 2 N–H and O–H groups in total. The molecule has 2 heterocycles. The lowest BCUT2D eigenvalue weighted by Gasteiger charge is -2.30. The first kappa shape index (κ1) is 27.4. The van der Waals surface area contributed by atoms with E-state index < -0.39 is 35.6 Å². The van der Waals surface area contributed by atoms with Crippen molar-refractivity contribution in [1.29, 1.82) is 0 Å². The topological polar surface area (TPSA) is 149 Å². The van der Waals surface area contributed by atoms with Crippen LogP contribution in [0.15, 0.2) is 97.1 Å². The lowest BCUT2D eigenvalue weighted by Crippen LogP contribution is -2.40. The number of carbonyl (C=O) groups is 6. The second-order valence-electron chi connectivity index (χ2n) is 11.7. The zero-order chi connectivity index (χ0) is 33.2. The third-order valence-electron chi connectivity index (χ3n) is 9.38. The quantitative estimate of drug-likeness (QED) is 0.123. The van der Waals surface area contributed by atoms with Crippen molar-refractivity contribution in [3.8, 4) is 0 Å². The van der Waals surface area contributed by atoms with E-state index >= 15 is 0 Å². The van der Waals surface area contributed by atoms with E-state index in [1.54, 1.807) is 48.5 Å². The normalized spacial score (nSPS) is 14.2. The molecule has 0 aliphatic carbocycles. The molecule has 4 amide bonds. The summed E-state index contributed by atoms with van der Waals surface area (Å²) in [5, 5.41) is 24.0. The van der Waals surface area contributed by atoms with Gasteiger partial charge in [-0.1, -0.05) is 24.3 Å². The molecule has 7 aromatic carbocycles. The molecule has 10 nitrogen and oxygen atoms in total. The van der Waals surface area contributed by atoms with E-state index in [9.17, 15) is 39.0 Å². The minimum absolute atomic E-state index is 0.0268. The van der Waals surface area contributed by atoms with Crippen molar-refractivity contribution in [2.45, 2.75) is 0 Å². The fourth-order valence-electron chi connectivity index (χ4n) is 7.24. The number of fused-ring (bicyclic) bond motifs is 2. The maximum atomic E-state index is 13.9. The summed E-state index contributed by atoms with van der Waals surface area (Å²) in [7, 11) is 0. The number of amides is 4. The molecule has 2 aliphatic heterocycles. The molecule has 0 spiro atoms. The van der Waals surface area contributed by atoms with Gasteiger partial charge in [0.1, 0.15) is 0 Å². The summed E-state index contributed by atoms with van der Waals surface area (Å²) in [4.78, 5) is 80.3. The van der Waals surface area contributed by atoms with Crippen LogP contribution in [0.3, 0.4) is 0 Å². The molecule has 0 bridgehead atoms. The molecule has 0 saturated heterocycles. The summed E-state index contributed by atoms with van der Waals surface area (Å²) < 4.78 is 0. The number of hydrogen-bond donors (Lipinski definition) is 2. The molecule has 48 heavy (non-hydrogen) atoms. The highest BCUT2D eigenvalue weighted by Gasteiger charge is 2.38. The smallest absolute Gasteiger partial charge is 0.335 e. The van der Waals surface area contributed by atoms with Gasteiger partial charge in [-0.05, 0) is 105 Å². The maximum absolute atomic E-state index is 13.9. The van der Waals surface area contributed by atoms with Crippen LogP contribution in [0.1, 0.15) is 62.1 Å². The van der Waals surface area contributed by atoms with Crippen LogP contribution in [0.5, 0.6) is 0 Å². The van der Waals surface area contributed by atoms with E-state index in [0.29, 0.717) is 43.8 Å². The van der Waals surface area contributed by atoms with Crippen LogP contribution >= 0.6 is 0 Å². The Kier molecular flexibility index (Phi) is 5.31. The summed E-state index contributed by atoms with van der Waals surface area (Å²) in [5.74, 6) is -4.40. The highest BCUT2D eigenvalue weighted by atomic mass is 16.4. The number of carbonyl (C=O) groups excluding carboxylic acids is 4. The van der Waals surface area contributed by atoms with Crippen LogP contribution in [0.25, 0.3) is 43.1 Å². The Labute approximate surface area is 269 Å². The summed E-state index contributed by atoms with van der Waals surface area (Å²) in [6.07, 6.45) is 0. The lowest BCUT2D eigenvalue weighted by molar-refractivity contribution is 0.0686. The number of anilines is 2. The number of aromatic carboxylic acids is 2. The summed E-state index contributed by atoms with van der Waals surface area (Å²) in [5.41, 5.74) is 1.82. The average Bonchev–Trinajstić information content (AvgIpc) is 3.09. The van der Waals surface area contributed by atoms with Crippen molar-refractivity contribution in [2.75, 3.05) is 9.80 Å². The first-order chi connectivity index (χ1) is 23.2. The minimum atomic E-state index is -1.12. The molecule has 7 aromatic rings. The van der Waals surface area contributed by atoms with Crippen molar-refractivity contribution < 1.29 is 39.0 Å². The van der Waals surface area contributed by atoms with Gasteiger partial charge in [0.25, 0.3) is 23.6 Å². The minimum Gasteiger partial charge on any atom is -0.478 e. The first-order valence-corrected chi connectivity index (χ1v) is 14.8. The van der Waals surface area contributed by atoms with Gasteiger partial charge in [0, 0.05) is 33.0 Å². The van der Waals surface area contributed by atoms with Gasteiger partial charge >= 0.3 is 11.9 Å². The largest absolute Gasteiger partial charge is 0.478 e. The molecule has 0 fully saturated rings. The summed E-state index contributed by atoms with van der Waals surface area (Å²) >= 11 is 0. The Bertz CT molecular complexity index is 2390. The number of nitrogens with zero attached hydrogens (tertiary/aromatic N) is 2. The number of carboxylic acid groups (broad SMARTS) is 2. The molecule has 9 rings (SSSR count). The van der Waals surface area contributed by atoms with Gasteiger partial charge in [-0.15, -0.1) is 0 Å². The van der Waals surface area contributed by atoms with Gasteiger partial charge < -0.3 is 10.2 Å². The fourth-order valence-corrected chi connectivity index (χ4v) is 7.24. The predicted octanol–water partition coefficient (Wildman–Crippen LogP) is 6.73. The molecule has 0 saturated carbocycles. The van der Waals surface area contributed by atoms with Crippen LogP contribution in [-0.2, 0) is 0 Å². The van der Waals surface area contributed by atoms with Crippen molar-refractivity contribution >= 4 is 90.0 Å². The Morgan fingerprint density at radius 3 is 0.896 bits per heavy atom. The van der Waals surface area contributed by atoms with Gasteiger partial charge in [0.15, 0.2) is 0 Å². The zero-order valence-electron chi connectivity index (χ0n) is 24.5. The van der Waals surface area contributed by atoms with Crippen molar-refractivity contribution in [2.24, 2.45) is 0 Å². The highest BCUT2D eigenvalue weighted by Crippen LogP contribution is 2.47. The van der Waals surface area contributed by atoms with Gasteiger partial charge in [0.2, 0.25) is 0 Å². The van der Waals surface area contributed by atoms with E-state index in [0.717, 1.165) is 31.3 Å². The van der Waals surface area contributed by atoms with Crippen molar-refractivity contribution in [1.82, 2.24) is 0 Å². The second-order valence-corrected chi connectivity index (χ2v) is 11.7. The predicted molar refractivity (Wildman–Crippen MR) is 177 cm³/mol. The number of benzene rings is 7. The molecular formula is C38H18N2O8. The number of hydrogen-bond acceptors (Lipinski definition) is 6. The third kappa shape index (κ3) is 3.40. The Hall–Kier alpha value is -6.94. The molecule has 0 aromatic heterocycles. The Balaban J connectivity index is 1.25. The first-order valence-electron chi connectivity index (χ1n) is 14.8. The van der Waals surface area contributed by atoms with E-state index in [1.165, 1.54) is 48.5 Å². The fraction of sp³-hybridized carbons (Fsp3) is 0. The maximum Gasteiger partial charge on any atom is 0.335 e. The molecule has 2 aliphatic rings. The SMILES string of the molecule is O=C(O)c1ccc(N2C(=O)c3ccc4c5ccc6c7c(ccc(c8ccc(c3c48)C2=O)c75)C(=O)N(c2ccc(C(=O)O)cc2)C6=O)cc1. The van der Waals surface area contributed by atoms with Crippen LogP contribution in [0.4, 0.5) is 11.4 Å². The van der Waals surface area contributed by atoms with Gasteiger partial charge in [-0.2, -0.15) is 0 Å². The monoisotopic (exact) mass is 630 g/mol. The van der Waals surface area contributed by atoms with E-state index in [2.05, 4.69) is 0 Å². The highest BCUT2D eigenvalue weighted by molar-refractivity contribution is 6.45. The zero-order valence-corrected chi connectivity index (χ0v) is 24.5. The third-order valence-corrected chi connectivity index (χ3v) is 9.38. The van der Waals surface area contributed by atoms with Crippen LogP contribution in [0.2, 0.25) is 0 Å². The second kappa shape index (κ2) is 9.30. The van der Waals surface area contributed by atoms with Gasteiger partial charge in [-0.25, -0.2) is 19.4 Å². The van der Waals surface area contributed by atoms with Gasteiger partial charge in [0.05, 0.1) is 22.5 Å². The van der Waals surface area contributed by atoms with Crippen LogP contribution < -0.4 is 9.80 Å². The molecule has 0 radical (unpaired) electrons. The lowest BCUT2D eigenvalue weighted by atomic mass is 9.82. The van der Waals surface area contributed by atoms with Crippen LogP contribution in [0, 0.1) is 0 Å². The van der Waals surface area contributed by atoms with Crippen LogP contribution in [-0.4, -0.2) is 45.8 Å². The van der Waals surface area contributed by atoms with Crippen molar-refractivity contribution in [3.05, 3.63) is 130 Å². The number of rotatable bonds is 4. The Morgan fingerprint density at radius 2 is 0.646 bits per heavy atom. The van der Waals surface area contributed by atoms with E-state index in [1.807, 2.05) is 0 Å². The van der Waals surface area contributed by atoms with E-state index in [-0.39, 0.29) is 22.5 Å². The molecular weight excluding hydrogens is 612 g/mol. The van der Waals surface area contributed by atoms with Crippen molar-refractivity contribution in [3.63, 3.8) is 0 Å². The molecule has 10 heteroatoms. The number of imide groups is 2. The molecule has 228 valence electrons. The summed E-state index contributed by atoms with van der Waals surface area (Å²) in [6.45, 7) is 0.